The van der Waals surface area contributed by atoms with Crippen molar-refractivity contribution < 1.29 is 29.1 Å². The molecule has 1 aromatic carbocycles. The van der Waals surface area contributed by atoms with E-state index in [0.717, 1.165) is 27.8 Å². The van der Waals surface area contributed by atoms with Gasteiger partial charge >= 0.3 is 0 Å². The van der Waals surface area contributed by atoms with Gasteiger partial charge in [-0.1, -0.05) is 32.0 Å². The molecule has 0 saturated heterocycles. The normalized spacial score (nSPS) is 13.6. The SMILES string of the molecule is CC(=O)N[C@@H](CO)C(=O)N[C@@H](Cc1c[nH]c2ccccc12)C(=O)N[C@@H](CC(C)C)C(=O)N[C@@H](CCCNC(=N)N)C(=O)c1nccs1. The molecule has 2 heterocycles. The van der Waals surface area contributed by atoms with Crippen LogP contribution < -0.4 is 32.3 Å². The third-order valence-electron chi connectivity index (χ3n) is 7.21. The summed E-state index contributed by atoms with van der Waals surface area (Å²) in [6, 6.07) is 2.91. The lowest BCUT2D eigenvalue weighted by Crippen LogP contribution is -2.58. The minimum Gasteiger partial charge on any atom is -0.394 e. The monoisotopic (exact) mass is 669 g/mol. The summed E-state index contributed by atoms with van der Waals surface area (Å²) >= 11 is 1.14. The van der Waals surface area contributed by atoms with E-state index < -0.39 is 54.4 Å². The number of fused-ring (bicyclic) bond motifs is 1. The Kier molecular flexibility index (Phi) is 13.8. The molecular formula is C31H43N9O6S. The average molecular weight is 670 g/mol. The number of carbonyl (C=O) groups is 5. The first-order valence-electron chi connectivity index (χ1n) is 15.2. The summed E-state index contributed by atoms with van der Waals surface area (Å²) in [5, 5.41) is 33.0. The van der Waals surface area contributed by atoms with Crippen molar-refractivity contribution in [1.82, 2.24) is 36.6 Å². The standard InChI is InChI=1S/C31H43N9O6S/c1-17(2)13-23(27(44)38-22(9-6-10-35-31(32)33)26(43)30-34-11-12-47-30)39-28(45)24(40-29(46)25(16-41)37-18(3)42)14-19-15-36-21-8-5-4-7-20(19)21/h4-5,7-8,11-12,15,17,22-25,36,41H,6,9-10,13-14,16H2,1-3H3,(H,37,42)(H,38,44)(H,39,45)(H,40,46)(H4,32,33,35)/t22-,23-,24-,25-/m0/s1. The van der Waals surface area contributed by atoms with Crippen molar-refractivity contribution in [3.8, 4) is 0 Å². The van der Waals surface area contributed by atoms with Crippen LogP contribution in [0, 0.1) is 11.3 Å². The Morgan fingerprint density at radius 2 is 1.64 bits per heavy atom. The molecule has 3 rings (SSSR count). The van der Waals surface area contributed by atoms with E-state index in [4.69, 9.17) is 11.1 Å². The number of rotatable bonds is 18. The third-order valence-corrected chi connectivity index (χ3v) is 8.00. The highest BCUT2D eigenvalue weighted by Crippen LogP contribution is 2.20. The van der Waals surface area contributed by atoms with Gasteiger partial charge in [0.1, 0.15) is 18.1 Å². The Bertz CT molecular complexity index is 1540. The van der Waals surface area contributed by atoms with Crippen LogP contribution in [0.5, 0.6) is 0 Å². The number of ketones is 1. The first-order chi connectivity index (χ1) is 22.4. The van der Waals surface area contributed by atoms with E-state index in [0.29, 0.717) is 13.0 Å². The second kappa shape index (κ2) is 17.8. The molecule has 0 fully saturated rings. The molecule has 47 heavy (non-hydrogen) atoms. The van der Waals surface area contributed by atoms with Gasteiger partial charge in [0.2, 0.25) is 29.4 Å². The Morgan fingerprint density at radius 1 is 0.979 bits per heavy atom. The number of para-hydroxylation sites is 1. The molecule has 0 aliphatic heterocycles. The molecule has 0 bridgehead atoms. The number of hydrogen-bond donors (Lipinski definition) is 9. The Labute approximate surface area is 276 Å². The van der Waals surface area contributed by atoms with Gasteiger partial charge in [-0.05, 0) is 36.8 Å². The van der Waals surface area contributed by atoms with E-state index in [1.54, 1.807) is 11.6 Å². The molecule has 0 unspecified atom stereocenters. The summed E-state index contributed by atoms with van der Waals surface area (Å²) in [7, 11) is 0. The third kappa shape index (κ3) is 11.2. The summed E-state index contributed by atoms with van der Waals surface area (Å²) < 4.78 is 0. The Morgan fingerprint density at radius 3 is 2.28 bits per heavy atom. The first-order valence-corrected chi connectivity index (χ1v) is 16.1. The molecule has 3 aromatic rings. The quantitative estimate of drug-likeness (QED) is 0.0391. The first kappa shape index (κ1) is 36.6. The summed E-state index contributed by atoms with van der Waals surface area (Å²) in [4.78, 5) is 72.8. The highest BCUT2D eigenvalue weighted by atomic mass is 32.1. The van der Waals surface area contributed by atoms with Gasteiger partial charge in [-0.15, -0.1) is 11.3 Å². The van der Waals surface area contributed by atoms with Gasteiger partial charge in [0.15, 0.2) is 11.0 Å². The van der Waals surface area contributed by atoms with Crippen LogP contribution in [0.4, 0.5) is 0 Å². The lowest BCUT2D eigenvalue weighted by Gasteiger charge is -2.27. The molecule has 2 aromatic heterocycles. The largest absolute Gasteiger partial charge is 0.394 e. The number of aliphatic hydroxyl groups is 1. The van der Waals surface area contributed by atoms with Crippen LogP contribution in [-0.4, -0.2) is 87.8 Å². The molecule has 15 nitrogen and oxygen atoms in total. The van der Waals surface area contributed by atoms with Crippen molar-refractivity contribution in [3.05, 3.63) is 52.6 Å². The van der Waals surface area contributed by atoms with Crippen molar-refractivity contribution in [2.45, 2.75) is 70.6 Å². The van der Waals surface area contributed by atoms with Crippen molar-refractivity contribution in [3.63, 3.8) is 0 Å². The molecular weight excluding hydrogens is 626 g/mol. The van der Waals surface area contributed by atoms with Crippen LogP contribution in [0.1, 0.15) is 55.4 Å². The maximum absolute atomic E-state index is 13.9. The number of aliphatic hydroxyl groups excluding tert-OH is 1. The highest BCUT2D eigenvalue weighted by molar-refractivity contribution is 7.11. The van der Waals surface area contributed by atoms with Gasteiger partial charge in [0.05, 0.1) is 12.6 Å². The summed E-state index contributed by atoms with van der Waals surface area (Å²) in [5.74, 6) is -3.22. The average Bonchev–Trinajstić information content (AvgIpc) is 3.70. The molecule has 0 spiro atoms. The van der Waals surface area contributed by atoms with Gasteiger partial charge < -0.3 is 42.4 Å². The van der Waals surface area contributed by atoms with Crippen molar-refractivity contribution in [2.24, 2.45) is 11.7 Å². The van der Waals surface area contributed by atoms with Crippen LogP contribution >= 0.6 is 11.3 Å². The minimum atomic E-state index is -1.30. The van der Waals surface area contributed by atoms with E-state index in [1.165, 1.54) is 13.1 Å². The number of H-pyrrole nitrogens is 1. The molecule has 10 N–H and O–H groups in total. The van der Waals surface area contributed by atoms with E-state index >= 15 is 0 Å². The number of benzene rings is 1. The van der Waals surface area contributed by atoms with Crippen LogP contribution in [0.2, 0.25) is 0 Å². The summed E-state index contributed by atoms with van der Waals surface area (Å²) in [6.07, 6.45) is 4.10. The molecule has 0 saturated carbocycles. The number of nitrogens with one attached hydrogen (secondary N) is 7. The predicted octanol–water partition coefficient (Wildman–Crippen LogP) is 0.311. The fraction of sp³-hybridized carbons (Fsp3) is 0.452. The number of hydrogen-bond acceptors (Lipinski definition) is 9. The number of thiazole rings is 1. The molecule has 0 radical (unpaired) electrons. The van der Waals surface area contributed by atoms with Gasteiger partial charge in [0, 0.05) is 48.6 Å². The second-order valence-corrected chi connectivity index (χ2v) is 12.4. The summed E-state index contributed by atoms with van der Waals surface area (Å²) in [6.45, 7) is 4.57. The maximum atomic E-state index is 13.9. The van der Waals surface area contributed by atoms with E-state index in [1.807, 2.05) is 38.1 Å². The Hall–Kier alpha value is -4.83. The highest BCUT2D eigenvalue weighted by Gasteiger charge is 2.32. The number of carbonyl (C=O) groups excluding carboxylic acids is 5. The zero-order chi connectivity index (χ0) is 34.5. The zero-order valence-corrected chi connectivity index (χ0v) is 27.4. The fourth-order valence-corrected chi connectivity index (χ4v) is 5.61. The van der Waals surface area contributed by atoms with E-state index in [2.05, 4.69) is 36.6 Å². The van der Waals surface area contributed by atoms with Crippen molar-refractivity contribution in [2.75, 3.05) is 13.2 Å². The van der Waals surface area contributed by atoms with Gasteiger partial charge in [-0.25, -0.2) is 4.98 Å². The van der Waals surface area contributed by atoms with Crippen LogP contribution in [0.25, 0.3) is 10.9 Å². The lowest BCUT2D eigenvalue weighted by atomic mass is 9.99. The smallest absolute Gasteiger partial charge is 0.245 e. The number of aromatic amines is 1. The molecule has 16 heteroatoms. The Balaban J connectivity index is 1.85. The summed E-state index contributed by atoms with van der Waals surface area (Å²) in [5.41, 5.74) is 6.90. The predicted molar refractivity (Wildman–Crippen MR) is 178 cm³/mol. The minimum absolute atomic E-state index is 0.0319. The van der Waals surface area contributed by atoms with Crippen molar-refractivity contribution in [1.29, 1.82) is 5.41 Å². The molecule has 0 aliphatic rings. The number of nitrogens with zero attached hydrogens (tertiary/aromatic N) is 1. The van der Waals surface area contributed by atoms with Gasteiger partial charge in [0.25, 0.3) is 0 Å². The molecule has 0 aliphatic carbocycles. The van der Waals surface area contributed by atoms with Gasteiger partial charge in [-0.2, -0.15) is 0 Å². The molecule has 4 amide bonds. The van der Waals surface area contributed by atoms with Crippen LogP contribution in [-0.2, 0) is 25.6 Å². The van der Waals surface area contributed by atoms with Crippen LogP contribution in [0.3, 0.4) is 0 Å². The number of aromatic nitrogens is 2. The molecule has 4 atom stereocenters. The number of Topliss-reactive ketones (excluding diaryl/α,β-unsaturated/α-hetero) is 1. The maximum Gasteiger partial charge on any atom is 0.245 e. The topological polar surface area (TPSA) is 244 Å². The van der Waals surface area contributed by atoms with E-state index in [-0.39, 0.29) is 41.9 Å². The van der Waals surface area contributed by atoms with E-state index in [9.17, 15) is 29.1 Å². The molecule has 254 valence electrons. The van der Waals surface area contributed by atoms with Crippen molar-refractivity contribution >= 4 is 57.6 Å². The number of guanidine groups is 1. The lowest BCUT2D eigenvalue weighted by molar-refractivity contribution is -0.134. The van der Waals surface area contributed by atoms with Gasteiger partial charge in [-0.3, -0.25) is 29.4 Å². The number of amides is 4. The number of nitrogens with two attached hydrogens (primary N) is 1. The second-order valence-electron chi connectivity index (χ2n) is 11.5. The zero-order valence-electron chi connectivity index (χ0n) is 26.6. The fourth-order valence-electron chi connectivity index (χ4n) is 4.98. The van der Waals surface area contributed by atoms with Crippen LogP contribution in [0.15, 0.2) is 42.0 Å².